The fraction of sp³-hybridized carbons (Fsp3) is 0.259. The van der Waals surface area contributed by atoms with E-state index in [1.54, 1.807) is 11.7 Å². The smallest absolute Gasteiger partial charge is 0.261 e. The fourth-order valence-electron chi connectivity index (χ4n) is 3.97. The first kappa shape index (κ1) is 22.9. The molecule has 170 valence electrons. The predicted octanol–water partition coefficient (Wildman–Crippen LogP) is 6.20. The third-order valence-electron chi connectivity index (χ3n) is 5.61. The van der Waals surface area contributed by atoms with Gasteiger partial charge in [0, 0.05) is 12.1 Å². The second kappa shape index (κ2) is 10.1. The number of para-hydroxylation sites is 1. The number of hydrogen-bond acceptors (Lipinski definition) is 4. The minimum absolute atomic E-state index is 0.0373. The van der Waals surface area contributed by atoms with Crippen molar-refractivity contribution in [3.63, 3.8) is 0 Å². The van der Waals surface area contributed by atoms with Crippen LogP contribution >= 0.6 is 11.6 Å². The second-order valence-electron chi connectivity index (χ2n) is 8.09. The van der Waals surface area contributed by atoms with E-state index in [1.807, 2.05) is 68.4 Å². The van der Waals surface area contributed by atoms with Crippen LogP contribution in [-0.2, 0) is 6.54 Å². The Bertz CT molecular complexity index is 1310. The molecule has 0 bridgehead atoms. The summed E-state index contributed by atoms with van der Waals surface area (Å²) in [5, 5.41) is 1.25. The third-order valence-corrected chi connectivity index (χ3v) is 5.89. The Morgan fingerprint density at radius 2 is 1.76 bits per heavy atom. The molecule has 6 heteroatoms. The Balaban J connectivity index is 1.54. The first-order chi connectivity index (χ1) is 16.0. The molecule has 0 N–H and O–H groups in total. The van der Waals surface area contributed by atoms with E-state index in [0.717, 1.165) is 41.0 Å². The molecule has 0 aliphatic carbocycles. The van der Waals surface area contributed by atoms with Crippen molar-refractivity contribution in [2.75, 3.05) is 13.7 Å². The lowest BCUT2D eigenvalue weighted by Crippen LogP contribution is -2.24. The maximum Gasteiger partial charge on any atom is 0.261 e. The number of aryl methyl sites for hydroxylation is 2. The molecule has 1 aromatic heterocycles. The van der Waals surface area contributed by atoms with Gasteiger partial charge in [-0.05, 0) is 80.3 Å². The van der Waals surface area contributed by atoms with Gasteiger partial charge in [-0.2, -0.15) is 0 Å². The van der Waals surface area contributed by atoms with Crippen molar-refractivity contribution in [1.29, 1.82) is 0 Å². The third kappa shape index (κ3) is 5.04. The molecule has 0 spiro atoms. The van der Waals surface area contributed by atoms with Crippen LogP contribution in [0.25, 0.3) is 22.3 Å². The normalized spacial score (nSPS) is 11.0. The Labute approximate surface area is 198 Å². The van der Waals surface area contributed by atoms with E-state index in [0.29, 0.717) is 34.9 Å². The zero-order valence-corrected chi connectivity index (χ0v) is 19.9. The number of hydrogen-bond donors (Lipinski definition) is 0. The predicted molar refractivity (Wildman–Crippen MR) is 134 cm³/mol. The summed E-state index contributed by atoms with van der Waals surface area (Å²) < 4.78 is 13.0. The SMILES string of the molecule is COc1ccc(-c2nc3ccccc3c(=O)n2CCCCOc2c(C)cc(C)cc2Cl)cc1. The fourth-order valence-corrected chi connectivity index (χ4v) is 4.34. The minimum atomic E-state index is -0.0373. The number of halogens is 1. The van der Waals surface area contributed by atoms with Gasteiger partial charge in [0.25, 0.3) is 5.56 Å². The van der Waals surface area contributed by atoms with E-state index >= 15 is 0 Å². The van der Waals surface area contributed by atoms with Gasteiger partial charge < -0.3 is 9.47 Å². The highest BCUT2D eigenvalue weighted by Gasteiger charge is 2.13. The molecule has 0 fully saturated rings. The van der Waals surface area contributed by atoms with Gasteiger partial charge in [-0.25, -0.2) is 4.98 Å². The Morgan fingerprint density at radius 1 is 1.00 bits per heavy atom. The first-order valence-electron chi connectivity index (χ1n) is 11.0. The lowest BCUT2D eigenvalue weighted by Gasteiger charge is -2.15. The van der Waals surface area contributed by atoms with Crippen molar-refractivity contribution < 1.29 is 9.47 Å². The van der Waals surface area contributed by atoms with Crippen LogP contribution in [0.5, 0.6) is 11.5 Å². The van der Waals surface area contributed by atoms with Crippen LogP contribution in [-0.4, -0.2) is 23.3 Å². The summed E-state index contributed by atoms with van der Waals surface area (Å²) in [7, 11) is 1.63. The number of unbranched alkanes of at least 4 members (excludes halogenated alkanes) is 1. The van der Waals surface area contributed by atoms with E-state index < -0.39 is 0 Å². The molecule has 0 atom stereocenters. The van der Waals surface area contributed by atoms with E-state index in [9.17, 15) is 4.79 Å². The topological polar surface area (TPSA) is 53.3 Å². The zero-order chi connectivity index (χ0) is 23.4. The molecule has 0 amide bonds. The number of methoxy groups -OCH3 is 1. The minimum Gasteiger partial charge on any atom is -0.497 e. The number of ether oxygens (including phenoxy) is 2. The van der Waals surface area contributed by atoms with Gasteiger partial charge in [0.1, 0.15) is 17.3 Å². The highest BCUT2D eigenvalue weighted by molar-refractivity contribution is 6.32. The van der Waals surface area contributed by atoms with Gasteiger partial charge in [-0.3, -0.25) is 9.36 Å². The Hall–Kier alpha value is -3.31. The van der Waals surface area contributed by atoms with E-state index in [-0.39, 0.29) is 5.56 Å². The summed E-state index contributed by atoms with van der Waals surface area (Å²) in [6.07, 6.45) is 1.55. The average Bonchev–Trinajstić information content (AvgIpc) is 2.81. The molecule has 0 aliphatic heterocycles. The first-order valence-corrected chi connectivity index (χ1v) is 11.4. The maximum absolute atomic E-state index is 13.3. The molecule has 4 aromatic rings. The van der Waals surface area contributed by atoms with Crippen molar-refractivity contribution in [3.05, 3.63) is 87.2 Å². The van der Waals surface area contributed by atoms with Gasteiger partial charge in [-0.15, -0.1) is 0 Å². The lowest BCUT2D eigenvalue weighted by molar-refractivity contribution is 0.301. The lowest BCUT2D eigenvalue weighted by atomic mass is 10.1. The highest BCUT2D eigenvalue weighted by Crippen LogP contribution is 2.30. The van der Waals surface area contributed by atoms with Gasteiger partial charge in [0.2, 0.25) is 0 Å². The maximum atomic E-state index is 13.3. The largest absolute Gasteiger partial charge is 0.497 e. The Kier molecular flexibility index (Phi) is 6.99. The summed E-state index contributed by atoms with van der Waals surface area (Å²) in [5.41, 5.74) is 3.66. The molecule has 4 rings (SSSR count). The molecular formula is C27H27ClN2O3. The van der Waals surface area contributed by atoms with Gasteiger partial charge >= 0.3 is 0 Å². The van der Waals surface area contributed by atoms with Crippen LogP contribution in [0, 0.1) is 13.8 Å². The molecule has 0 saturated heterocycles. The van der Waals surface area contributed by atoms with Crippen LogP contribution in [0.4, 0.5) is 0 Å². The van der Waals surface area contributed by atoms with Crippen molar-refractivity contribution in [1.82, 2.24) is 9.55 Å². The van der Waals surface area contributed by atoms with Gasteiger partial charge in [-0.1, -0.05) is 29.8 Å². The summed E-state index contributed by atoms with van der Waals surface area (Å²) in [6, 6.07) is 19.0. The number of nitrogens with zero attached hydrogens (tertiary/aromatic N) is 2. The van der Waals surface area contributed by atoms with Gasteiger partial charge in [0.15, 0.2) is 0 Å². The highest BCUT2D eigenvalue weighted by atomic mass is 35.5. The van der Waals surface area contributed by atoms with Crippen LogP contribution in [0.3, 0.4) is 0 Å². The summed E-state index contributed by atoms with van der Waals surface area (Å²) in [4.78, 5) is 18.1. The van der Waals surface area contributed by atoms with Crippen LogP contribution in [0.15, 0.2) is 65.5 Å². The summed E-state index contributed by atoms with van der Waals surface area (Å²) in [5.74, 6) is 2.14. The number of benzene rings is 3. The van der Waals surface area contributed by atoms with Crippen molar-refractivity contribution >= 4 is 22.5 Å². The van der Waals surface area contributed by atoms with E-state index in [2.05, 4.69) is 6.07 Å². The average molecular weight is 463 g/mol. The molecule has 0 unspecified atom stereocenters. The Morgan fingerprint density at radius 3 is 2.48 bits per heavy atom. The molecule has 0 aliphatic rings. The molecular weight excluding hydrogens is 436 g/mol. The molecule has 1 heterocycles. The number of aromatic nitrogens is 2. The molecule has 0 radical (unpaired) electrons. The van der Waals surface area contributed by atoms with E-state index in [4.69, 9.17) is 26.1 Å². The summed E-state index contributed by atoms with van der Waals surface area (Å²) in [6.45, 7) is 5.08. The number of fused-ring (bicyclic) bond motifs is 1. The second-order valence-corrected chi connectivity index (χ2v) is 8.49. The standard InChI is InChI=1S/C27H27ClN2O3/c1-18-16-19(2)25(23(28)17-18)33-15-7-6-14-30-26(20-10-12-21(32-3)13-11-20)29-24-9-5-4-8-22(24)27(30)31/h4-5,8-13,16-17H,6-7,14-15H2,1-3H3. The summed E-state index contributed by atoms with van der Waals surface area (Å²) >= 11 is 6.34. The number of rotatable bonds is 8. The molecule has 3 aromatic carbocycles. The van der Waals surface area contributed by atoms with Crippen molar-refractivity contribution in [3.8, 4) is 22.9 Å². The molecule has 5 nitrogen and oxygen atoms in total. The monoisotopic (exact) mass is 462 g/mol. The van der Waals surface area contributed by atoms with Crippen molar-refractivity contribution in [2.45, 2.75) is 33.2 Å². The van der Waals surface area contributed by atoms with Crippen molar-refractivity contribution in [2.24, 2.45) is 0 Å². The van der Waals surface area contributed by atoms with Crippen LogP contribution < -0.4 is 15.0 Å². The molecule has 0 saturated carbocycles. The quantitative estimate of drug-likeness (QED) is 0.292. The molecule has 33 heavy (non-hydrogen) atoms. The van der Waals surface area contributed by atoms with Crippen LogP contribution in [0.2, 0.25) is 5.02 Å². The zero-order valence-electron chi connectivity index (χ0n) is 19.1. The van der Waals surface area contributed by atoms with Crippen LogP contribution in [0.1, 0.15) is 24.0 Å². The van der Waals surface area contributed by atoms with E-state index in [1.165, 1.54) is 0 Å². The van der Waals surface area contributed by atoms with Gasteiger partial charge in [0.05, 0.1) is 29.6 Å².